The molecule has 1 aliphatic carbocycles. The number of aliphatic hydroxyl groups excluding tert-OH is 1. The number of nitrogens with zero attached hydrogens (tertiary/aromatic N) is 3. The van der Waals surface area contributed by atoms with Crippen LogP contribution in [0, 0.1) is 0 Å². The smallest absolute Gasteiger partial charge is 0.229 e. The van der Waals surface area contributed by atoms with Crippen molar-refractivity contribution in [2.24, 2.45) is 5.73 Å². The first-order valence-electron chi connectivity index (χ1n) is 9.27. The second kappa shape index (κ2) is 9.68. The predicted molar refractivity (Wildman–Crippen MR) is 108 cm³/mol. The second-order valence-electron chi connectivity index (χ2n) is 6.60. The van der Waals surface area contributed by atoms with Gasteiger partial charge in [-0.1, -0.05) is 36.6 Å². The number of aliphatic hydroxyl groups is 1. The van der Waals surface area contributed by atoms with E-state index in [0.29, 0.717) is 42.5 Å². The quantitative estimate of drug-likeness (QED) is 0.464. The zero-order valence-electron chi connectivity index (χ0n) is 15.2. The average Bonchev–Trinajstić information content (AvgIpc) is 2.68. The lowest BCUT2D eigenvalue weighted by atomic mass is 9.93. The molecule has 6 N–H and O–H groups in total. The van der Waals surface area contributed by atoms with E-state index >= 15 is 0 Å². The number of hydrogen-bond donors (Lipinski definition) is 5. The number of rotatable bonds is 8. The van der Waals surface area contributed by atoms with E-state index in [2.05, 4.69) is 30.9 Å². The fourth-order valence-electron chi connectivity index (χ4n) is 3.01. The minimum atomic E-state index is -0.388. The molecule has 2 unspecified atom stereocenters. The summed E-state index contributed by atoms with van der Waals surface area (Å²) in [5.74, 6) is 1.34. The van der Waals surface area contributed by atoms with Crippen LogP contribution in [-0.4, -0.2) is 45.3 Å². The number of hydrogen-bond acceptors (Lipinski definition) is 8. The van der Waals surface area contributed by atoms with Crippen molar-refractivity contribution in [2.75, 3.05) is 29.0 Å². The Kier molecular flexibility index (Phi) is 7.03. The summed E-state index contributed by atoms with van der Waals surface area (Å²) < 4.78 is 0. The van der Waals surface area contributed by atoms with Gasteiger partial charge in [0.25, 0.3) is 0 Å². The maximum Gasteiger partial charge on any atom is 0.229 e. The van der Waals surface area contributed by atoms with Gasteiger partial charge in [0.1, 0.15) is 0 Å². The van der Waals surface area contributed by atoms with Gasteiger partial charge in [-0.2, -0.15) is 15.0 Å². The van der Waals surface area contributed by atoms with Crippen molar-refractivity contribution in [2.45, 2.75) is 44.4 Å². The van der Waals surface area contributed by atoms with Crippen LogP contribution in [-0.2, 0) is 6.54 Å². The fraction of sp³-hybridized carbons (Fsp3) is 0.500. The molecule has 3 rings (SSSR count). The maximum atomic E-state index is 10.2. The Morgan fingerprint density at radius 2 is 1.67 bits per heavy atom. The highest BCUT2D eigenvalue weighted by Gasteiger charge is 2.24. The Hall–Kier alpha value is -2.16. The highest BCUT2D eigenvalue weighted by Crippen LogP contribution is 2.22. The largest absolute Gasteiger partial charge is 0.391 e. The first-order chi connectivity index (χ1) is 13.1. The molecule has 0 spiro atoms. The first kappa shape index (κ1) is 19.6. The molecule has 0 saturated heterocycles. The monoisotopic (exact) mass is 391 g/mol. The van der Waals surface area contributed by atoms with Gasteiger partial charge in [0.2, 0.25) is 17.8 Å². The number of halogens is 1. The van der Waals surface area contributed by atoms with Gasteiger partial charge in [-0.15, -0.1) is 0 Å². The lowest BCUT2D eigenvalue weighted by Crippen LogP contribution is -2.37. The van der Waals surface area contributed by atoms with E-state index in [1.54, 1.807) is 0 Å². The van der Waals surface area contributed by atoms with Crippen molar-refractivity contribution in [3.05, 3.63) is 34.9 Å². The molecule has 1 aromatic carbocycles. The zero-order chi connectivity index (χ0) is 19.1. The number of anilines is 3. The summed E-state index contributed by atoms with van der Waals surface area (Å²) in [6, 6.07) is 7.53. The number of benzene rings is 1. The van der Waals surface area contributed by atoms with Gasteiger partial charge >= 0.3 is 0 Å². The summed E-state index contributed by atoms with van der Waals surface area (Å²) in [7, 11) is 0. The van der Waals surface area contributed by atoms with E-state index in [-0.39, 0.29) is 12.1 Å². The molecule has 1 aromatic heterocycles. The number of nitrogens with one attached hydrogen (secondary N) is 3. The molecular weight excluding hydrogens is 366 g/mol. The van der Waals surface area contributed by atoms with Crippen LogP contribution < -0.4 is 21.7 Å². The Morgan fingerprint density at radius 3 is 2.37 bits per heavy atom. The van der Waals surface area contributed by atoms with Crippen molar-refractivity contribution < 1.29 is 5.11 Å². The van der Waals surface area contributed by atoms with Crippen molar-refractivity contribution in [1.29, 1.82) is 0 Å². The van der Waals surface area contributed by atoms with Gasteiger partial charge in [-0.25, -0.2) is 0 Å². The molecule has 27 heavy (non-hydrogen) atoms. The Labute approximate surface area is 164 Å². The summed E-state index contributed by atoms with van der Waals surface area (Å²) in [6.45, 7) is 1.60. The third kappa shape index (κ3) is 5.92. The SMILES string of the molecule is NCCNc1nc(NCc2ccc(Cl)cc2)nc(NC2CCCCC2O)n1. The molecule has 1 heterocycles. The summed E-state index contributed by atoms with van der Waals surface area (Å²) >= 11 is 5.92. The van der Waals surface area contributed by atoms with Crippen molar-refractivity contribution in [3.63, 3.8) is 0 Å². The molecular formula is C18H26ClN7O. The number of nitrogens with two attached hydrogens (primary N) is 1. The lowest BCUT2D eigenvalue weighted by Gasteiger charge is -2.28. The van der Waals surface area contributed by atoms with Crippen LogP contribution in [0.15, 0.2) is 24.3 Å². The third-order valence-corrected chi connectivity index (χ3v) is 4.72. The summed E-state index contributed by atoms with van der Waals surface area (Å²) in [5, 5.41) is 20.4. The third-order valence-electron chi connectivity index (χ3n) is 4.47. The summed E-state index contributed by atoms with van der Waals surface area (Å²) in [5.41, 5.74) is 6.62. The zero-order valence-corrected chi connectivity index (χ0v) is 15.9. The van der Waals surface area contributed by atoms with E-state index in [1.807, 2.05) is 24.3 Å². The standard InChI is InChI=1S/C18H26ClN7O/c19-13-7-5-12(6-8-13)11-22-17-24-16(21-10-9-20)25-18(26-17)23-14-3-1-2-4-15(14)27/h5-8,14-15,27H,1-4,9-11,20H2,(H3,21,22,23,24,25,26). The van der Waals surface area contributed by atoms with Crippen molar-refractivity contribution >= 4 is 29.4 Å². The van der Waals surface area contributed by atoms with Crippen molar-refractivity contribution in [3.8, 4) is 0 Å². The van der Waals surface area contributed by atoms with E-state index < -0.39 is 0 Å². The maximum absolute atomic E-state index is 10.2. The van der Waals surface area contributed by atoms with Gasteiger partial charge in [0.05, 0.1) is 12.1 Å². The summed E-state index contributed by atoms with van der Waals surface area (Å²) in [4.78, 5) is 13.2. The van der Waals surface area contributed by atoms with Gasteiger partial charge in [-0.05, 0) is 30.5 Å². The molecule has 1 aliphatic rings. The predicted octanol–water partition coefficient (Wildman–Crippen LogP) is 2.22. The molecule has 0 amide bonds. The highest BCUT2D eigenvalue weighted by atomic mass is 35.5. The van der Waals surface area contributed by atoms with Crippen LogP contribution in [0.4, 0.5) is 17.8 Å². The Morgan fingerprint density at radius 1 is 1.00 bits per heavy atom. The molecule has 0 radical (unpaired) electrons. The molecule has 8 nitrogen and oxygen atoms in total. The van der Waals surface area contributed by atoms with Gasteiger partial charge in [-0.3, -0.25) is 0 Å². The van der Waals surface area contributed by atoms with Crippen LogP contribution in [0.1, 0.15) is 31.2 Å². The minimum absolute atomic E-state index is 0.0485. The van der Waals surface area contributed by atoms with E-state index in [9.17, 15) is 5.11 Å². The average molecular weight is 392 g/mol. The van der Waals surface area contributed by atoms with E-state index in [4.69, 9.17) is 17.3 Å². The van der Waals surface area contributed by atoms with Gasteiger partial charge in [0, 0.05) is 24.7 Å². The normalized spacial score (nSPS) is 19.5. The van der Waals surface area contributed by atoms with Crippen LogP contribution in [0.25, 0.3) is 0 Å². The molecule has 2 atom stereocenters. The molecule has 146 valence electrons. The molecule has 9 heteroatoms. The van der Waals surface area contributed by atoms with Crippen LogP contribution in [0.5, 0.6) is 0 Å². The van der Waals surface area contributed by atoms with Crippen LogP contribution >= 0.6 is 11.6 Å². The second-order valence-corrected chi connectivity index (χ2v) is 7.04. The highest BCUT2D eigenvalue weighted by molar-refractivity contribution is 6.30. The number of aromatic nitrogens is 3. The molecule has 1 saturated carbocycles. The molecule has 0 bridgehead atoms. The van der Waals surface area contributed by atoms with Gasteiger partial charge < -0.3 is 26.8 Å². The minimum Gasteiger partial charge on any atom is -0.391 e. The Balaban J connectivity index is 1.71. The van der Waals surface area contributed by atoms with Crippen LogP contribution in [0.2, 0.25) is 5.02 Å². The lowest BCUT2D eigenvalue weighted by molar-refractivity contribution is 0.116. The van der Waals surface area contributed by atoms with E-state index in [1.165, 1.54) is 0 Å². The molecule has 2 aromatic rings. The van der Waals surface area contributed by atoms with Crippen molar-refractivity contribution in [1.82, 2.24) is 15.0 Å². The molecule has 0 aliphatic heterocycles. The van der Waals surface area contributed by atoms with Gasteiger partial charge in [0.15, 0.2) is 0 Å². The van der Waals surface area contributed by atoms with Crippen LogP contribution in [0.3, 0.4) is 0 Å². The fourth-order valence-corrected chi connectivity index (χ4v) is 3.14. The summed E-state index contributed by atoms with van der Waals surface area (Å²) in [6.07, 6.45) is 3.43. The topological polar surface area (TPSA) is 121 Å². The Bertz CT molecular complexity index is 728. The van der Waals surface area contributed by atoms with E-state index in [0.717, 1.165) is 31.2 Å². The first-order valence-corrected chi connectivity index (χ1v) is 9.65. The molecule has 1 fully saturated rings.